The third-order valence-electron chi connectivity index (χ3n) is 2.53. The molecule has 16 heavy (non-hydrogen) atoms. The lowest BCUT2D eigenvalue weighted by atomic mass is 10.1. The van der Waals surface area contributed by atoms with Crippen LogP contribution in [0.3, 0.4) is 0 Å². The van der Waals surface area contributed by atoms with Gasteiger partial charge in [0.15, 0.2) is 5.78 Å². The van der Waals surface area contributed by atoms with E-state index in [9.17, 15) is 4.79 Å². The quantitative estimate of drug-likeness (QED) is 0.708. The minimum Gasteiger partial charge on any atom is -0.371 e. The summed E-state index contributed by atoms with van der Waals surface area (Å²) in [6.07, 6.45) is 5.38. The molecule has 0 saturated heterocycles. The predicted octanol–water partition coefficient (Wildman–Crippen LogP) is 1.74. The van der Waals surface area contributed by atoms with Gasteiger partial charge in [-0.15, -0.1) is 0 Å². The number of aromatic nitrogens is 2. The average Bonchev–Trinajstić information content (AvgIpc) is 2.64. The molecule has 0 spiro atoms. The number of ketones is 1. The average molecular weight is 224 g/mol. The first-order valence-corrected chi connectivity index (χ1v) is 5.79. The highest BCUT2D eigenvalue weighted by Crippen LogP contribution is 2.07. The highest BCUT2D eigenvalue weighted by molar-refractivity contribution is 5.84. The Kier molecular flexibility index (Phi) is 5.19. The van der Waals surface area contributed by atoms with Crippen LogP contribution in [0.15, 0.2) is 12.4 Å². The van der Waals surface area contributed by atoms with Gasteiger partial charge >= 0.3 is 0 Å². The van der Waals surface area contributed by atoms with Crippen LogP contribution in [0.1, 0.15) is 32.5 Å². The lowest BCUT2D eigenvalue weighted by Crippen LogP contribution is -2.26. The SMILES string of the molecule is CCCC(OCC)C(=O)Cc1nccn1C. The molecule has 1 aromatic heterocycles. The first-order valence-electron chi connectivity index (χ1n) is 5.79. The molecule has 4 heteroatoms. The normalized spacial score (nSPS) is 12.7. The van der Waals surface area contributed by atoms with E-state index in [0.717, 1.165) is 18.7 Å². The van der Waals surface area contributed by atoms with Crippen LogP contribution in [0.5, 0.6) is 0 Å². The Bertz CT molecular complexity index is 328. The maximum absolute atomic E-state index is 12.0. The fraction of sp³-hybridized carbons (Fsp3) is 0.667. The summed E-state index contributed by atoms with van der Waals surface area (Å²) in [6.45, 7) is 4.55. The zero-order valence-electron chi connectivity index (χ0n) is 10.3. The standard InChI is InChI=1S/C12H20N2O2/c1-4-6-11(16-5-2)10(15)9-12-13-7-8-14(12)3/h7-8,11H,4-6,9H2,1-3H3. The molecule has 0 fully saturated rings. The van der Waals surface area contributed by atoms with Crippen LogP contribution in [-0.2, 0) is 23.0 Å². The van der Waals surface area contributed by atoms with E-state index in [1.807, 2.05) is 24.7 Å². The molecular formula is C12H20N2O2. The van der Waals surface area contributed by atoms with Crippen LogP contribution in [0.4, 0.5) is 0 Å². The third kappa shape index (κ3) is 3.45. The summed E-state index contributed by atoms with van der Waals surface area (Å²) in [4.78, 5) is 16.1. The summed E-state index contributed by atoms with van der Waals surface area (Å²) in [7, 11) is 1.89. The van der Waals surface area contributed by atoms with E-state index in [4.69, 9.17) is 4.74 Å². The number of ether oxygens (including phenoxy) is 1. The number of hydrogen-bond acceptors (Lipinski definition) is 3. The third-order valence-corrected chi connectivity index (χ3v) is 2.53. The molecule has 0 amide bonds. The van der Waals surface area contributed by atoms with Gasteiger partial charge in [-0.3, -0.25) is 4.79 Å². The summed E-state index contributed by atoms with van der Waals surface area (Å²) in [6, 6.07) is 0. The van der Waals surface area contributed by atoms with E-state index >= 15 is 0 Å². The first kappa shape index (κ1) is 12.9. The van der Waals surface area contributed by atoms with Crippen molar-refractivity contribution in [2.45, 2.75) is 39.2 Å². The number of Topliss-reactive ketones (excluding diaryl/α,β-unsaturated/α-hetero) is 1. The van der Waals surface area contributed by atoms with E-state index < -0.39 is 0 Å². The molecular weight excluding hydrogens is 204 g/mol. The van der Waals surface area contributed by atoms with Gasteiger partial charge in [-0.2, -0.15) is 0 Å². The van der Waals surface area contributed by atoms with E-state index in [-0.39, 0.29) is 11.9 Å². The molecule has 1 unspecified atom stereocenters. The molecule has 4 nitrogen and oxygen atoms in total. The number of nitrogens with zero attached hydrogens (tertiary/aromatic N) is 2. The second-order valence-corrected chi connectivity index (χ2v) is 3.83. The minimum atomic E-state index is -0.272. The van der Waals surface area contributed by atoms with Crippen molar-refractivity contribution in [2.75, 3.05) is 6.61 Å². The maximum atomic E-state index is 12.0. The number of rotatable bonds is 7. The molecule has 0 aromatic carbocycles. The van der Waals surface area contributed by atoms with Gasteiger partial charge in [-0.1, -0.05) is 13.3 Å². The molecule has 1 heterocycles. The van der Waals surface area contributed by atoms with E-state index in [0.29, 0.717) is 13.0 Å². The van der Waals surface area contributed by atoms with E-state index in [2.05, 4.69) is 11.9 Å². The molecule has 1 rings (SSSR count). The van der Waals surface area contributed by atoms with Gasteiger partial charge in [-0.25, -0.2) is 4.98 Å². The lowest BCUT2D eigenvalue weighted by Gasteiger charge is -2.14. The predicted molar refractivity (Wildman–Crippen MR) is 62.2 cm³/mol. The zero-order chi connectivity index (χ0) is 12.0. The number of carbonyl (C=O) groups is 1. The number of hydrogen-bond donors (Lipinski definition) is 0. The fourth-order valence-corrected chi connectivity index (χ4v) is 1.64. The zero-order valence-corrected chi connectivity index (χ0v) is 10.3. The van der Waals surface area contributed by atoms with Crippen molar-refractivity contribution in [1.82, 2.24) is 9.55 Å². The Balaban J connectivity index is 2.58. The molecule has 0 aliphatic carbocycles. The topological polar surface area (TPSA) is 44.1 Å². The van der Waals surface area contributed by atoms with Gasteiger partial charge in [0.05, 0.1) is 6.42 Å². The molecule has 90 valence electrons. The monoisotopic (exact) mass is 224 g/mol. The molecule has 0 bridgehead atoms. The summed E-state index contributed by atoms with van der Waals surface area (Å²) in [5.74, 6) is 0.920. The van der Waals surface area contributed by atoms with Gasteiger partial charge in [0.25, 0.3) is 0 Å². The van der Waals surface area contributed by atoms with Crippen molar-refractivity contribution in [1.29, 1.82) is 0 Å². The van der Waals surface area contributed by atoms with Crippen molar-refractivity contribution in [3.05, 3.63) is 18.2 Å². The highest BCUT2D eigenvalue weighted by atomic mass is 16.5. The van der Waals surface area contributed by atoms with Crippen LogP contribution in [-0.4, -0.2) is 28.0 Å². The Morgan fingerprint density at radius 1 is 1.56 bits per heavy atom. The smallest absolute Gasteiger partial charge is 0.169 e. The molecule has 0 aliphatic rings. The number of carbonyl (C=O) groups excluding carboxylic acids is 1. The Morgan fingerprint density at radius 3 is 2.81 bits per heavy atom. The summed E-state index contributed by atoms with van der Waals surface area (Å²) in [5, 5.41) is 0. The van der Waals surface area contributed by atoms with Crippen LogP contribution < -0.4 is 0 Å². The van der Waals surface area contributed by atoms with Gasteiger partial charge in [0.2, 0.25) is 0 Å². The minimum absolute atomic E-state index is 0.123. The Hall–Kier alpha value is -1.16. The van der Waals surface area contributed by atoms with E-state index in [1.165, 1.54) is 0 Å². The highest BCUT2D eigenvalue weighted by Gasteiger charge is 2.19. The summed E-state index contributed by atoms with van der Waals surface area (Å²) < 4.78 is 7.31. The molecule has 1 atom stereocenters. The number of aryl methyl sites for hydroxylation is 1. The summed E-state index contributed by atoms with van der Waals surface area (Å²) >= 11 is 0. The molecule has 0 radical (unpaired) electrons. The molecule has 0 aliphatic heterocycles. The summed E-state index contributed by atoms with van der Waals surface area (Å²) in [5.41, 5.74) is 0. The van der Waals surface area contributed by atoms with Crippen molar-refractivity contribution in [3.63, 3.8) is 0 Å². The van der Waals surface area contributed by atoms with Crippen LogP contribution in [0.2, 0.25) is 0 Å². The van der Waals surface area contributed by atoms with Crippen LogP contribution in [0.25, 0.3) is 0 Å². The second-order valence-electron chi connectivity index (χ2n) is 3.83. The van der Waals surface area contributed by atoms with Crippen molar-refractivity contribution in [2.24, 2.45) is 7.05 Å². The molecule has 1 aromatic rings. The first-order chi connectivity index (χ1) is 7.69. The maximum Gasteiger partial charge on any atom is 0.169 e. The Morgan fingerprint density at radius 2 is 2.31 bits per heavy atom. The molecule has 0 N–H and O–H groups in total. The van der Waals surface area contributed by atoms with Crippen LogP contribution in [0, 0.1) is 0 Å². The van der Waals surface area contributed by atoms with Gasteiger partial charge in [-0.05, 0) is 13.3 Å². The van der Waals surface area contributed by atoms with Crippen molar-refractivity contribution >= 4 is 5.78 Å². The second kappa shape index (κ2) is 6.43. The van der Waals surface area contributed by atoms with E-state index in [1.54, 1.807) is 6.20 Å². The molecule has 0 saturated carbocycles. The fourth-order valence-electron chi connectivity index (χ4n) is 1.64. The Labute approximate surface area is 96.6 Å². The van der Waals surface area contributed by atoms with Crippen LogP contribution >= 0.6 is 0 Å². The number of imidazole rings is 1. The van der Waals surface area contributed by atoms with Gasteiger partial charge in [0, 0.05) is 26.0 Å². The van der Waals surface area contributed by atoms with Gasteiger partial charge < -0.3 is 9.30 Å². The van der Waals surface area contributed by atoms with Gasteiger partial charge in [0.1, 0.15) is 11.9 Å². The lowest BCUT2D eigenvalue weighted by molar-refractivity contribution is -0.130. The van der Waals surface area contributed by atoms with Crippen molar-refractivity contribution < 1.29 is 9.53 Å². The largest absolute Gasteiger partial charge is 0.371 e. The van der Waals surface area contributed by atoms with Crippen molar-refractivity contribution in [3.8, 4) is 0 Å².